The molecule has 1 aromatic carbocycles. The number of nitrogens with two attached hydrogens (primary N) is 1. The van der Waals surface area contributed by atoms with Gasteiger partial charge in [0.15, 0.2) is 17.3 Å². The molecule has 1 aromatic heterocycles. The standard InChI is InChI=1S/C12H13FN2O2/c1-3-9-11(17-12(14)15-9)7-4-5-10(16-2)8(13)6-7/h4-6H,3H2,1-2H3,(H2,14,15). The first kappa shape index (κ1) is 11.4. The predicted octanol–water partition coefficient (Wildman–Crippen LogP) is 2.63. The minimum absolute atomic E-state index is 0.0908. The molecule has 4 nitrogen and oxygen atoms in total. The van der Waals surface area contributed by atoms with Crippen molar-refractivity contribution >= 4 is 6.01 Å². The number of aromatic nitrogens is 1. The van der Waals surface area contributed by atoms with Crippen molar-refractivity contribution in [1.29, 1.82) is 0 Å². The number of oxazole rings is 1. The minimum atomic E-state index is -0.443. The van der Waals surface area contributed by atoms with Gasteiger partial charge in [-0.2, -0.15) is 4.98 Å². The summed E-state index contributed by atoms with van der Waals surface area (Å²) in [6.45, 7) is 1.93. The van der Waals surface area contributed by atoms with E-state index in [0.717, 1.165) is 0 Å². The minimum Gasteiger partial charge on any atom is -0.494 e. The maximum atomic E-state index is 13.6. The van der Waals surface area contributed by atoms with Crippen molar-refractivity contribution in [3.8, 4) is 17.1 Å². The van der Waals surface area contributed by atoms with E-state index in [4.69, 9.17) is 14.9 Å². The smallest absolute Gasteiger partial charge is 0.292 e. The number of anilines is 1. The maximum Gasteiger partial charge on any atom is 0.292 e. The fourth-order valence-electron chi connectivity index (χ4n) is 1.64. The Balaban J connectivity index is 2.49. The second-order valence-electron chi connectivity index (χ2n) is 3.53. The van der Waals surface area contributed by atoms with Crippen LogP contribution in [-0.4, -0.2) is 12.1 Å². The average Bonchev–Trinajstić information content (AvgIpc) is 2.70. The summed E-state index contributed by atoms with van der Waals surface area (Å²) >= 11 is 0. The summed E-state index contributed by atoms with van der Waals surface area (Å²) < 4.78 is 23.7. The predicted molar refractivity (Wildman–Crippen MR) is 62.2 cm³/mol. The molecular weight excluding hydrogens is 223 g/mol. The molecule has 0 atom stereocenters. The SMILES string of the molecule is CCc1nc(N)oc1-c1ccc(OC)c(F)c1. The van der Waals surface area contributed by atoms with Gasteiger partial charge in [0.1, 0.15) is 0 Å². The van der Waals surface area contributed by atoms with Gasteiger partial charge in [-0.05, 0) is 24.6 Å². The molecule has 0 saturated carbocycles. The molecule has 2 rings (SSSR count). The normalized spacial score (nSPS) is 10.5. The van der Waals surface area contributed by atoms with Gasteiger partial charge >= 0.3 is 0 Å². The van der Waals surface area contributed by atoms with Crippen LogP contribution in [0.1, 0.15) is 12.6 Å². The molecule has 90 valence electrons. The Morgan fingerprint density at radius 2 is 2.24 bits per heavy atom. The molecule has 0 bridgehead atoms. The van der Waals surface area contributed by atoms with Crippen molar-refractivity contribution in [2.45, 2.75) is 13.3 Å². The van der Waals surface area contributed by atoms with E-state index in [1.54, 1.807) is 12.1 Å². The third kappa shape index (κ3) is 2.08. The first-order chi connectivity index (χ1) is 8.15. The van der Waals surface area contributed by atoms with Gasteiger partial charge in [-0.15, -0.1) is 0 Å². The van der Waals surface area contributed by atoms with Crippen LogP contribution in [0.25, 0.3) is 11.3 Å². The summed E-state index contributed by atoms with van der Waals surface area (Å²) in [6.07, 6.45) is 0.670. The fraction of sp³-hybridized carbons (Fsp3) is 0.250. The summed E-state index contributed by atoms with van der Waals surface area (Å²) in [4.78, 5) is 4.04. The van der Waals surface area contributed by atoms with E-state index in [1.165, 1.54) is 13.2 Å². The zero-order valence-electron chi connectivity index (χ0n) is 9.66. The molecule has 2 N–H and O–H groups in total. The third-order valence-corrected chi connectivity index (χ3v) is 2.46. The Labute approximate surface area is 98.2 Å². The van der Waals surface area contributed by atoms with E-state index in [0.29, 0.717) is 23.4 Å². The molecule has 5 heteroatoms. The van der Waals surface area contributed by atoms with Gasteiger partial charge in [-0.3, -0.25) is 0 Å². The number of nitrogen functional groups attached to an aromatic ring is 1. The molecule has 17 heavy (non-hydrogen) atoms. The number of rotatable bonds is 3. The Morgan fingerprint density at radius 1 is 1.47 bits per heavy atom. The first-order valence-electron chi connectivity index (χ1n) is 5.24. The van der Waals surface area contributed by atoms with Crippen LogP contribution in [0.4, 0.5) is 10.4 Å². The Kier molecular flexibility index (Phi) is 2.99. The van der Waals surface area contributed by atoms with E-state index in [-0.39, 0.29) is 11.8 Å². The first-order valence-corrected chi connectivity index (χ1v) is 5.24. The molecule has 1 heterocycles. The molecule has 0 aliphatic heterocycles. The van der Waals surface area contributed by atoms with E-state index in [1.807, 2.05) is 6.92 Å². The van der Waals surface area contributed by atoms with Crippen LogP contribution in [0.15, 0.2) is 22.6 Å². The molecular formula is C12H13FN2O2. The van der Waals surface area contributed by atoms with Crippen molar-refractivity contribution in [3.05, 3.63) is 29.7 Å². The Hall–Kier alpha value is -2.04. The highest BCUT2D eigenvalue weighted by Gasteiger charge is 2.14. The van der Waals surface area contributed by atoms with Crippen LogP contribution < -0.4 is 10.5 Å². The van der Waals surface area contributed by atoms with Crippen LogP contribution in [0, 0.1) is 5.82 Å². The van der Waals surface area contributed by atoms with Crippen molar-refractivity contribution in [3.63, 3.8) is 0 Å². The second kappa shape index (κ2) is 4.45. The number of ether oxygens (including phenoxy) is 1. The lowest BCUT2D eigenvalue weighted by Gasteiger charge is -2.03. The average molecular weight is 236 g/mol. The molecule has 0 radical (unpaired) electrons. The molecule has 0 aliphatic carbocycles. The zero-order valence-corrected chi connectivity index (χ0v) is 9.66. The zero-order chi connectivity index (χ0) is 12.4. The van der Waals surface area contributed by atoms with E-state index >= 15 is 0 Å². The molecule has 2 aromatic rings. The molecule has 0 spiro atoms. The lowest BCUT2D eigenvalue weighted by molar-refractivity contribution is 0.386. The van der Waals surface area contributed by atoms with Crippen LogP contribution in [0.3, 0.4) is 0 Å². The quantitative estimate of drug-likeness (QED) is 0.889. The van der Waals surface area contributed by atoms with Gasteiger partial charge in [0.25, 0.3) is 6.01 Å². The molecule has 0 aliphatic rings. The van der Waals surface area contributed by atoms with Gasteiger partial charge in [0, 0.05) is 5.56 Å². The summed E-state index contributed by atoms with van der Waals surface area (Å²) in [5, 5.41) is 0. The number of halogens is 1. The van der Waals surface area contributed by atoms with E-state index in [9.17, 15) is 4.39 Å². The highest BCUT2D eigenvalue weighted by molar-refractivity contribution is 5.62. The number of nitrogens with zero attached hydrogens (tertiary/aromatic N) is 1. The third-order valence-electron chi connectivity index (χ3n) is 2.46. The van der Waals surface area contributed by atoms with Gasteiger partial charge < -0.3 is 14.9 Å². The Morgan fingerprint density at radius 3 is 2.82 bits per heavy atom. The van der Waals surface area contributed by atoms with Crippen molar-refractivity contribution in [2.75, 3.05) is 12.8 Å². The highest BCUT2D eigenvalue weighted by atomic mass is 19.1. The lowest BCUT2D eigenvalue weighted by atomic mass is 10.1. The van der Waals surface area contributed by atoms with Gasteiger partial charge in [0.2, 0.25) is 0 Å². The number of benzene rings is 1. The number of hydrogen-bond acceptors (Lipinski definition) is 4. The molecule has 0 saturated heterocycles. The van der Waals surface area contributed by atoms with Gasteiger partial charge in [-0.1, -0.05) is 6.92 Å². The Bertz CT molecular complexity index is 537. The lowest BCUT2D eigenvalue weighted by Crippen LogP contribution is -1.90. The van der Waals surface area contributed by atoms with E-state index in [2.05, 4.69) is 4.98 Å². The number of hydrogen-bond donors (Lipinski definition) is 1. The van der Waals surface area contributed by atoms with Gasteiger partial charge in [-0.25, -0.2) is 4.39 Å². The maximum absolute atomic E-state index is 13.6. The molecule has 0 fully saturated rings. The summed E-state index contributed by atoms with van der Waals surface area (Å²) in [6, 6.07) is 4.69. The number of aryl methyl sites for hydroxylation is 1. The molecule has 0 unspecified atom stereocenters. The second-order valence-corrected chi connectivity index (χ2v) is 3.53. The highest BCUT2D eigenvalue weighted by Crippen LogP contribution is 2.29. The topological polar surface area (TPSA) is 61.3 Å². The van der Waals surface area contributed by atoms with Crippen LogP contribution in [0.2, 0.25) is 0 Å². The van der Waals surface area contributed by atoms with Crippen molar-refractivity contribution in [2.24, 2.45) is 0 Å². The van der Waals surface area contributed by atoms with Crippen LogP contribution in [0.5, 0.6) is 5.75 Å². The van der Waals surface area contributed by atoms with Crippen LogP contribution in [-0.2, 0) is 6.42 Å². The summed E-state index contributed by atoms with van der Waals surface area (Å²) in [5.41, 5.74) is 6.81. The summed E-state index contributed by atoms with van der Waals surface area (Å²) in [7, 11) is 1.42. The monoisotopic (exact) mass is 236 g/mol. The van der Waals surface area contributed by atoms with Crippen LogP contribution >= 0.6 is 0 Å². The summed E-state index contributed by atoms with van der Waals surface area (Å²) in [5.74, 6) is 0.257. The fourth-order valence-corrected chi connectivity index (χ4v) is 1.64. The largest absolute Gasteiger partial charge is 0.494 e. The molecule has 0 amide bonds. The number of methoxy groups -OCH3 is 1. The van der Waals surface area contributed by atoms with Gasteiger partial charge in [0.05, 0.1) is 12.8 Å². The van der Waals surface area contributed by atoms with Crippen molar-refractivity contribution in [1.82, 2.24) is 4.98 Å². The van der Waals surface area contributed by atoms with E-state index < -0.39 is 5.82 Å². The van der Waals surface area contributed by atoms with Crippen molar-refractivity contribution < 1.29 is 13.5 Å².